The predicted molar refractivity (Wildman–Crippen MR) is 300 cm³/mol. The second kappa shape index (κ2) is 44.7. The van der Waals surface area contributed by atoms with Gasteiger partial charge in [0.25, 0.3) is 0 Å². The maximum absolute atomic E-state index is 14.0. The minimum Gasteiger partial charge on any atom is -0.462 e. The zero-order valence-electron chi connectivity index (χ0n) is 48.7. The van der Waals surface area contributed by atoms with Crippen LogP contribution in [0.4, 0.5) is 0 Å². The summed E-state index contributed by atoms with van der Waals surface area (Å²) in [6.07, 6.45) is 18.4. The number of rotatable bonds is 49. The third-order valence-electron chi connectivity index (χ3n) is 15.1. The molecule has 0 bridgehead atoms. The van der Waals surface area contributed by atoms with Crippen molar-refractivity contribution in [3.63, 3.8) is 0 Å². The Kier molecular flexibility index (Phi) is 41.4. The Labute approximate surface area is 469 Å². The monoisotopic (exact) mass is 1140 g/mol. The van der Waals surface area contributed by atoms with Crippen molar-refractivity contribution in [1.29, 1.82) is 0 Å². The summed E-state index contributed by atoms with van der Waals surface area (Å²) in [6, 6.07) is -2.85. The maximum atomic E-state index is 14.0. The van der Waals surface area contributed by atoms with Crippen LogP contribution in [-0.2, 0) is 47.2 Å². The molecule has 9 N–H and O–H groups in total. The summed E-state index contributed by atoms with van der Waals surface area (Å²) in [4.78, 5) is 60.1. The van der Waals surface area contributed by atoms with Gasteiger partial charge in [-0.1, -0.05) is 207 Å². The molecule has 2 aliphatic heterocycles. The van der Waals surface area contributed by atoms with Gasteiger partial charge in [0.1, 0.15) is 54.8 Å². The van der Waals surface area contributed by atoms with Crippen LogP contribution in [0.15, 0.2) is 0 Å². The highest BCUT2D eigenvalue weighted by Gasteiger charge is 2.51. The van der Waals surface area contributed by atoms with Crippen LogP contribution < -0.4 is 10.6 Å². The van der Waals surface area contributed by atoms with Crippen molar-refractivity contribution < 1.29 is 82.5 Å². The van der Waals surface area contributed by atoms with Gasteiger partial charge in [-0.25, -0.2) is 4.57 Å². The molecule has 0 aliphatic carbocycles. The van der Waals surface area contributed by atoms with Gasteiger partial charge >= 0.3 is 13.8 Å². The second-order valence-corrected chi connectivity index (χ2v) is 23.4. The number of carbonyl (C=O) groups is 3. The Bertz CT molecular complexity index is 1560. The zero-order chi connectivity index (χ0) is 57.4. The topological polar surface area (TPSA) is 289 Å². The van der Waals surface area contributed by atoms with Crippen molar-refractivity contribution in [3.8, 4) is 0 Å². The van der Waals surface area contributed by atoms with Gasteiger partial charge in [0, 0.05) is 13.0 Å². The Morgan fingerprint density at radius 2 is 0.949 bits per heavy atom. The normalized spacial score (nSPS) is 24.4. The molecule has 19 nitrogen and oxygen atoms in total. The van der Waals surface area contributed by atoms with Gasteiger partial charge in [0.15, 0.2) is 12.6 Å². The fourth-order valence-corrected chi connectivity index (χ4v) is 10.9. The minimum absolute atomic E-state index is 0.189. The Balaban J connectivity index is 2.22. The molecule has 2 aliphatic rings. The SMILES string of the molecule is CCCCCCCCCCCC(=O)O[C@H](CCCCCCCCCCC)CC(=O)N[C@H]1[C@H](OC[C@H]2O[C@H](OCCCCCC)[C@H](NC(=O)C[C@H](O)CCCCCCCCCCC)[C@@H](O)[C@@H]2O)O[C@H](CO)[C@@H](OP(=O)(O)O)[C@@H]1O. The number of phosphoric acid groups is 1. The van der Waals surface area contributed by atoms with Crippen LogP contribution in [0.2, 0.25) is 0 Å². The molecule has 0 radical (unpaired) electrons. The van der Waals surface area contributed by atoms with Gasteiger partial charge in [-0.3, -0.25) is 18.9 Å². The van der Waals surface area contributed by atoms with Crippen LogP contribution in [0.1, 0.15) is 259 Å². The smallest absolute Gasteiger partial charge is 0.462 e. The Hall–Kier alpha value is -1.84. The van der Waals surface area contributed by atoms with Crippen molar-refractivity contribution in [3.05, 3.63) is 0 Å². The molecule has 0 saturated carbocycles. The number of aliphatic hydroxyl groups excluding tert-OH is 5. The van der Waals surface area contributed by atoms with Crippen LogP contribution in [0.3, 0.4) is 0 Å². The Morgan fingerprint density at radius 3 is 1.45 bits per heavy atom. The molecule has 0 aromatic carbocycles. The van der Waals surface area contributed by atoms with Crippen LogP contribution in [-0.4, -0.2) is 146 Å². The van der Waals surface area contributed by atoms with Crippen molar-refractivity contribution in [2.75, 3.05) is 19.8 Å². The zero-order valence-corrected chi connectivity index (χ0v) is 49.6. The first kappa shape index (κ1) is 72.3. The largest absolute Gasteiger partial charge is 0.470 e. The molecule has 20 heteroatoms. The molecule has 2 saturated heterocycles. The van der Waals surface area contributed by atoms with Gasteiger partial charge in [0.2, 0.25) is 11.8 Å². The summed E-state index contributed by atoms with van der Waals surface area (Å²) >= 11 is 0. The molecule has 0 unspecified atom stereocenters. The number of esters is 1. The van der Waals surface area contributed by atoms with E-state index in [2.05, 4.69) is 38.3 Å². The van der Waals surface area contributed by atoms with E-state index in [1.807, 2.05) is 0 Å². The third-order valence-corrected chi connectivity index (χ3v) is 15.6. The number of carbonyl (C=O) groups excluding carboxylic acids is 3. The molecule has 0 aromatic heterocycles. The first-order valence-corrected chi connectivity index (χ1v) is 32.5. The van der Waals surface area contributed by atoms with Crippen LogP contribution >= 0.6 is 7.82 Å². The highest BCUT2D eigenvalue weighted by atomic mass is 31.2. The Morgan fingerprint density at radius 1 is 0.526 bits per heavy atom. The van der Waals surface area contributed by atoms with Gasteiger partial charge < -0.3 is 69.6 Å². The number of aliphatic hydroxyl groups is 5. The summed E-state index contributed by atoms with van der Waals surface area (Å²) in [5.74, 6) is -1.69. The lowest BCUT2D eigenvalue weighted by Gasteiger charge is -2.45. The van der Waals surface area contributed by atoms with Gasteiger partial charge in [-0.2, -0.15) is 0 Å². The molecular formula is C58H111N2O17P. The van der Waals surface area contributed by atoms with E-state index in [4.69, 9.17) is 28.2 Å². The number of hydrogen-bond donors (Lipinski definition) is 9. The van der Waals surface area contributed by atoms with E-state index in [-0.39, 0.29) is 25.9 Å². The first-order chi connectivity index (χ1) is 37.6. The predicted octanol–water partition coefficient (Wildman–Crippen LogP) is 9.39. The minimum atomic E-state index is -5.31. The summed E-state index contributed by atoms with van der Waals surface area (Å²) in [5, 5.41) is 61.1. The number of hydrogen-bond acceptors (Lipinski definition) is 15. The molecule has 2 heterocycles. The maximum Gasteiger partial charge on any atom is 0.470 e. The van der Waals surface area contributed by atoms with E-state index in [0.717, 1.165) is 89.9 Å². The lowest BCUT2D eigenvalue weighted by Crippen LogP contribution is -2.67. The second-order valence-electron chi connectivity index (χ2n) is 22.2. The van der Waals surface area contributed by atoms with E-state index in [1.165, 1.54) is 89.9 Å². The van der Waals surface area contributed by atoms with Crippen LogP contribution in [0.5, 0.6) is 0 Å². The van der Waals surface area contributed by atoms with Crippen molar-refractivity contribution in [2.24, 2.45) is 0 Å². The molecule has 78 heavy (non-hydrogen) atoms. The molecule has 460 valence electrons. The van der Waals surface area contributed by atoms with E-state index < -0.39 is 112 Å². The van der Waals surface area contributed by atoms with Crippen molar-refractivity contribution >= 4 is 25.6 Å². The molecular weight excluding hydrogens is 1030 g/mol. The number of ether oxygens (including phenoxy) is 5. The number of nitrogens with one attached hydrogen (secondary N) is 2. The molecule has 2 amide bonds. The summed E-state index contributed by atoms with van der Waals surface area (Å²) < 4.78 is 47.2. The highest BCUT2D eigenvalue weighted by molar-refractivity contribution is 7.46. The average Bonchev–Trinajstić information content (AvgIpc) is 3.46. The van der Waals surface area contributed by atoms with Crippen molar-refractivity contribution in [2.45, 2.75) is 332 Å². The average molecular weight is 1140 g/mol. The first-order valence-electron chi connectivity index (χ1n) is 31.0. The number of amides is 2. The van der Waals surface area contributed by atoms with Gasteiger partial charge in [-0.15, -0.1) is 0 Å². The molecule has 2 rings (SSSR count). The lowest BCUT2D eigenvalue weighted by molar-refractivity contribution is -0.302. The van der Waals surface area contributed by atoms with Crippen molar-refractivity contribution in [1.82, 2.24) is 10.6 Å². The highest BCUT2D eigenvalue weighted by Crippen LogP contribution is 2.41. The quantitative estimate of drug-likeness (QED) is 0.0156. The fourth-order valence-electron chi connectivity index (χ4n) is 10.3. The van der Waals surface area contributed by atoms with E-state index in [1.54, 1.807) is 0 Å². The van der Waals surface area contributed by atoms with E-state index in [0.29, 0.717) is 32.1 Å². The summed E-state index contributed by atoms with van der Waals surface area (Å²) in [5.41, 5.74) is 0. The van der Waals surface area contributed by atoms with Crippen LogP contribution in [0, 0.1) is 0 Å². The van der Waals surface area contributed by atoms with E-state index >= 15 is 0 Å². The molecule has 0 aromatic rings. The van der Waals surface area contributed by atoms with Crippen LogP contribution in [0.25, 0.3) is 0 Å². The molecule has 2 fully saturated rings. The molecule has 12 atom stereocenters. The number of unbranched alkanes of at least 4 members (excludes halogenated alkanes) is 27. The number of phosphoric ester groups is 1. The van der Waals surface area contributed by atoms with Gasteiger partial charge in [-0.05, 0) is 32.1 Å². The summed E-state index contributed by atoms with van der Waals surface area (Å²) in [6.45, 7) is 7.35. The third kappa shape index (κ3) is 32.7. The molecule has 0 spiro atoms. The van der Waals surface area contributed by atoms with E-state index in [9.17, 15) is 54.3 Å². The fraction of sp³-hybridized carbons (Fsp3) is 0.948. The van der Waals surface area contributed by atoms with Gasteiger partial charge in [0.05, 0.1) is 32.2 Å². The lowest BCUT2D eigenvalue weighted by atomic mass is 9.95. The standard InChI is InChI=1S/C58H111N2O17P/c1-5-9-13-17-20-23-26-29-32-36-44(62)40-48(63)59-51-54(67)53(66)47(76-57(51)72-39-35-16-12-8-4)43-73-58-52(55(68)56(46(42-61)75-58)77-78(69,70)71)60-49(64)41-45(37-33-30-27-24-21-18-14-10-6-2)74-50(65)38-34-31-28-25-22-19-15-11-7-3/h44-47,51-58,61-62,66-68H,5-43H2,1-4H3,(H,59,63)(H,60,64)(H2,69,70,71)/t44-,45-,46-,47-,51-,52-,53-,54-,55-,56-,57+,58-/m1/s1. The summed E-state index contributed by atoms with van der Waals surface area (Å²) in [7, 11) is -5.31.